The number of anilines is 2. The molecule has 0 amide bonds. The van der Waals surface area contributed by atoms with Crippen molar-refractivity contribution in [2.45, 2.75) is 40.2 Å². The van der Waals surface area contributed by atoms with E-state index in [1.54, 1.807) is 6.33 Å². The normalized spacial score (nSPS) is 20.2. The zero-order valence-electron chi connectivity index (χ0n) is 13.2. The Kier molecular flexibility index (Phi) is 5.17. The van der Waals surface area contributed by atoms with Crippen LogP contribution in [0.5, 0.6) is 0 Å². The molecule has 1 aromatic heterocycles. The number of nitrogens with zero attached hydrogens (tertiary/aromatic N) is 4. The van der Waals surface area contributed by atoms with E-state index in [4.69, 9.17) is 0 Å². The molecule has 1 atom stereocenters. The molecule has 1 aromatic rings. The summed E-state index contributed by atoms with van der Waals surface area (Å²) >= 11 is 0. The number of aromatic nitrogens is 2. The van der Waals surface area contributed by atoms with E-state index in [2.05, 4.69) is 52.8 Å². The van der Waals surface area contributed by atoms with Crippen molar-refractivity contribution >= 4 is 11.6 Å². The van der Waals surface area contributed by atoms with Gasteiger partial charge in [0.2, 0.25) is 0 Å². The smallest absolute Gasteiger partial charge is 0.137 e. The summed E-state index contributed by atoms with van der Waals surface area (Å²) in [4.78, 5) is 13.9. The highest BCUT2D eigenvalue weighted by atomic mass is 15.3. The number of rotatable bonds is 5. The van der Waals surface area contributed by atoms with Gasteiger partial charge in [-0.05, 0) is 26.8 Å². The maximum Gasteiger partial charge on any atom is 0.137 e. The lowest BCUT2D eigenvalue weighted by atomic mass is 10.1. The van der Waals surface area contributed by atoms with Crippen LogP contribution in [0.4, 0.5) is 11.6 Å². The van der Waals surface area contributed by atoms with Crippen LogP contribution in [-0.4, -0.2) is 53.6 Å². The molecule has 0 radical (unpaired) electrons. The first-order valence-corrected chi connectivity index (χ1v) is 7.77. The van der Waals surface area contributed by atoms with Crippen molar-refractivity contribution in [1.29, 1.82) is 0 Å². The molecule has 1 saturated heterocycles. The lowest BCUT2D eigenvalue weighted by molar-refractivity contribution is 0.199. The minimum atomic E-state index is 0.580. The number of likely N-dealkylation sites (N-methyl/N-ethyl adjacent to an activating group) is 1. The fraction of sp³-hybridized carbons (Fsp3) is 0.733. The van der Waals surface area contributed by atoms with Gasteiger partial charge in [-0.1, -0.05) is 13.8 Å². The van der Waals surface area contributed by atoms with Gasteiger partial charge in [-0.2, -0.15) is 0 Å². The molecule has 1 N–H and O–H groups in total. The molecule has 0 saturated carbocycles. The van der Waals surface area contributed by atoms with Crippen LogP contribution in [-0.2, 0) is 6.42 Å². The summed E-state index contributed by atoms with van der Waals surface area (Å²) in [5.74, 6) is 2.10. The molecule has 20 heavy (non-hydrogen) atoms. The number of hydrogen-bond donors (Lipinski definition) is 1. The van der Waals surface area contributed by atoms with Crippen molar-refractivity contribution in [2.24, 2.45) is 0 Å². The SMILES string of the molecule is CCNc1ncnc(N2CCN(CC)C(C)C2)c1CC. The van der Waals surface area contributed by atoms with Crippen LogP contribution >= 0.6 is 0 Å². The van der Waals surface area contributed by atoms with E-state index >= 15 is 0 Å². The van der Waals surface area contributed by atoms with Crippen LogP contribution in [0.25, 0.3) is 0 Å². The first-order valence-electron chi connectivity index (χ1n) is 7.77. The Bertz CT molecular complexity index is 434. The maximum atomic E-state index is 4.56. The van der Waals surface area contributed by atoms with Crippen LogP contribution in [0, 0.1) is 0 Å². The van der Waals surface area contributed by atoms with Crippen molar-refractivity contribution in [3.8, 4) is 0 Å². The Labute approximate surface area is 122 Å². The van der Waals surface area contributed by atoms with Gasteiger partial charge in [-0.25, -0.2) is 9.97 Å². The summed E-state index contributed by atoms with van der Waals surface area (Å²) in [6.07, 6.45) is 2.64. The quantitative estimate of drug-likeness (QED) is 0.892. The largest absolute Gasteiger partial charge is 0.370 e. The van der Waals surface area contributed by atoms with Crippen LogP contribution in [0.1, 0.15) is 33.3 Å². The second kappa shape index (κ2) is 6.88. The Morgan fingerprint density at radius 1 is 1.25 bits per heavy atom. The highest BCUT2D eigenvalue weighted by Gasteiger charge is 2.25. The number of nitrogens with one attached hydrogen (secondary N) is 1. The average Bonchev–Trinajstić information content (AvgIpc) is 2.47. The summed E-state index contributed by atoms with van der Waals surface area (Å²) in [6, 6.07) is 0.580. The average molecular weight is 277 g/mol. The molecule has 0 bridgehead atoms. The summed E-state index contributed by atoms with van der Waals surface area (Å²) in [6.45, 7) is 14.0. The van der Waals surface area contributed by atoms with Crippen molar-refractivity contribution < 1.29 is 0 Å². The molecule has 1 fully saturated rings. The highest BCUT2D eigenvalue weighted by molar-refractivity contribution is 5.59. The molecule has 0 spiro atoms. The third-order valence-corrected chi connectivity index (χ3v) is 4.09. The van der Waals surface area contributed by atoms with Gasteiger partial charge in [0.25, 0.3) is 0 Å². The van der Waals surface area contributed by atoms with Crippen LogP contribution < -0.4 is 10.2 Å². The topological polar surface area (TPSA) is 44.3 Å². The second-order valence-electron chi connectivity index (χ2n) is 5.33. The Morgan fingerprint density at radius 2 is 2.05 bits per heavy atom. The number of piperazine rings is 1. The molecule has 1 aliphatic heterocycles. The molecule has 5 heteroatoms. The van der Waals surface area contributed by atoms with Crippen LogP contribution in [0.15, 0.2) is 6.33 Å². The molecule has 1 unspecified atom stereocenters. The van der Waals surface area contributed by atoms with Crippen molar-refractivity contribution in [3.05, 3.63) is 11.9 Å². The predicted octanol–water partition coefficient (Wildman–Crippen LogP) is 2.00. The molecule has 0 aliphatic carbocycles. The number of hydrogen-bond acceptors (Lipinski definition) is 5. The van der Waals surface area contributed by atoms with E-state index < -0.39 is 0 Å². The van der Waals surface area contributed by atoms with E-state index in [1.165, 1.54) is 5.56 Å². The summed E-state index contributed by atoms with van der Waals surface area (Å²) < 4.78 is 0. The summed E-state index contributed by atoms with van der Waals surface area (Å²) in [5, 5.41) is 3.35. The third-order valence-electron chi connectivity index (χ3n) is 4.09. The zero-order chi connectivity index (χ0) is 14.5. The van der Waals surface area contributed by atoms with Gasteiger partial charge in [0, 0.05) is 37.8 Å². The molecule has 1 aliphatic rings. The maximum absolute atomic E-state index is 4.56. The van der Waals surface area contributed by atoms with Crippen molar-refractivity contribution in [2.75, 3.05) is 42.9 Å². The standard InChI is InChI=1S/C15H27N5/c1-5-13-14(16-6-2)17-11-18-15(13)20-9-8-19(7-3)12(4)10-20/h11-12H,5-10H2,1-4H3,(H,16,17,18). The van der Waals surface area contributed by atoms with Gasteiger partial charge in [0.05, 0.1) is 0 Å². The molecule has 112 valence electrons. The fourth-order valence-corrected chi connectivity index (χ4v) is 2.98. The van der Waals surface area contributed by atoms with Gasteiger partial charge in [-0.3, -0.25) is 4.90 Å². The Balaban J connectivity index is 2.22. The van der Waals surface area contributed by atoms with Crippen molar-refractivity contribution in [1.82, 2.24) is 14.9 Å². The van der Waals surface area contributed by atoms with Crippen molar-refractivity contribution in [3.63, 3.8) is 0 Å². The third kappa shape index (κ3) is 3.03. The fourth-order valence-electron chi connectivity index (χ4n) is 2.98. The van der Waals surface area contributed by atoms with E-state index in [9.17, 15) is 0 Å². The predicted molar refractivity (Wildman–Crippen MR) is 84.5 cm³/mol. The second-order valence-corrected chi connectivity index (χ2v) is 5.33. The molecular weight excluding hydrogens is 250 g/mol. The molecule has 2 heterocycles. The zero-order valence-corrected chi connectivity index (χ0v) is 13.2. The van der Waals surface area contributed by atoms with E-state index in [-0.39, 0.29) is 0 Å². The molecular formula is C15H27N5. The van der Waals surface area contributed by atoms with Crippen LogP contribution in [0.3, 0.4) is 0 Å². The first kappa shape index (κ1) is 15.0. The lowest BCUT2D eigenvalue weighted by Crippen LogP contribution is -2.52. The van der Waals surface area contributed by atoms with Gasteiger partial charge in [0.1, 0.15) is 18.0 Å². The summed E-state index contributed by atoms with van der Waals surface area (Å²) in [7, 11) is 0. The molecule has 5 nitrogen and oxygen atoms in total. The molecule has 0 aromatic carbocycles. The van der Waals surface area contributed by atoms with E-state index in [0.29, 0.717) is 6.04 Å². The minimum Gasteiger partial charge on any atom is -0.370 e. The molecule has 2 rings (SSSR count). The minimum absolute atomic E-state index is 0.580. The van der Waals surface area contributed by atoms with Crippen LogP contribution in [0.2, 0.25) is 0 Å². The monoisotopic (exact) mass is 277 g/mol. The Hall–Kier alpha value is -1.36. The Morgan fingerprint density at radius 3 is 2.65 bits per heavy atom. The van der Waals surface area contributed by atoms with Gasteiger partial charge >= 0.3 is 0 Å². The van der Waals surface area contributed by atoms with Gasteiger partial charge < -0.3 is 10.2 Å². The van der Waals surface area contributed by atoms with E-state index in [1.807, 2.05) is 0 Å². The van der Waals surface area contributed by atoms with Gasteiger partial charge in [0.15, 0.2) is 0 Å². The van der Waals surface area contributed by atoms with Gasteiger partial charge in [-0.15, -0.1) is 0 Å². The first-order chi connectivity index (χ1) is 9.71. The lowest BCUT2D eigenvalue weighted by Gasteiger charge is -2.40. The van der Waals surface area contributed by atoms with E-state index in [0.717, 1.165) is 50.8 Å². The summed E-state index contributed by atoms with van der Waals surface area (Å²) in [5.41, 5.74) is 1.24. The highest BCUT2D eigenvalue weighted by Crippen LogP contribution is 2.26.